The van der Waals surface area contributed by atoms with Gasteiger partial charge in [0.25, 0.3) is 0 Å². The lowest BCUT2D eigenvalue weighted by molar-refractivity contribution is -0.112. The van der Waals surface area contributed by atoms with Gasteiger partial charge in [-0.1, -0.05) is 30.3 Å². The van der Waals surface area contributed by atoms with Crippen LogP contribution in [0.15, 0.2) is 59.5 Å². The Kier molecular flexibility index (Phi) is 6.18. The first-order chi connectivity index (χ1) is 14.1. The molecular formula is C20H19F3N2O4S. The highest BCUT2D eigenvalue weighted by molar-refractivity contribution is 7.89. The number of anilines is 1. The highest BCUT2D eigenvalue weighted by Crippen LogP contribution is 2.34. The standard InChI is InChI=1S/C20H19F3N2O4S/c1-29-18-10-9-15(30(27,28)25-14-7-8-14)11-17(18)24-19(26)12-16(20(21,22)23)13-5-3-2-4-6-13/h2-6,9-12,14,25H,7-8H2,1H3,(H,24,26)/b16-12-. The fraction of sp³-hybridized carbons (Fsp3) is 0.250. The van der Waals surface area contributed by atoms with Crippen LogP contribution >= 0.6 is 0 Å². The summed E-state index contributed by atoms with van der Waals surface area (Å²) in [5.41, 5.74) is -1.36. The minimum absolute atomic E-state index is 0.0630. The molecule has 1 aliphatic rings. The number of carbonyl (C=O) groups excluding carboxylic acids is 1. The Hall–Kier alpha value is -2.85. The number of alkyl halides is 3. The number of amides is 1. The minimum atomic E-state index is -4.76. The molecule has 10 heteroatoms. The monoisotopic (exact) mass is 440 g/mol. The fourth-order valence-electron chi connectivity index (χ4n) is 2.69. The average Bonchev–Trinajstić information content (AvgIpc) is 3.49. The lowest BCUT2D eigenvalue weighted by atomic mass is 10.1. The number of halogens is 3. The Labute approximate surface area is 171 Å². The fourth-order valence-corrected chi connectivity index (χ4v) is 4.02. The lowest BCUT2D eigenvalue weighted by Crippen LogP contribution is -2.25. The molecule has 160 valence electrons. The maximum Gasteiger partial charge on any atom is 0.417 e. The summed E-state index contributed by atoms with van der Waals surface area (Å²) in [6.45, 7) is 0. The number of hydrogen-bond donors (Lipinski definition) is 2. The van der Waals surface area contributed by atoms with Crippen LogP contribution in [-0.4, -0.2) is 33.7 Å². The van der Waals surface area contributed by atoms with Crippen LogP contribution in [0.2, 0.25) is 0 Å². The molecule has 1 fully saturated rings. The number of sulfonamides is 1. The molecule has 0 bridgehead atoms. The smallest absolute Gasteiger partial charge is 0.417 e. The number of rotatable bonds is 7. The molecule has 0 aromatic heterocycles. The highest BCUT2D eigenvalue weighted by atomic mass is 32.2. The van der Waals surface area contributed by atoms with Crippen molar-refractivity contribution < 1.29 is 31.1 Å². The Morgan fingerprint density at radius 2 is 1.80 bits per heavy atom. The minimum Gasteiger partial charge on any atom is -0.495 e. The molecule has 6 nitrogen and oxygen atoms in total. The molecule has 2 aromatic carbocycles. The second kappa shape index (κ2) is 8.49. The second-order valence-corrected chi connectivity index (χ2v) is 8.38. The predicted molar refractivity (Wildman–Crippen MR) is 105 cm³/mol. The number of carbonyl (C=O) groups is 1. The zero-order chi connectivity index (χ0) is 21.9. The summed E-state index contributed by atoms with van der Waals surface area (Å²) in [5.74, 6) is -0.968. The summed E-state index contributed by atoms with van der Waals surface area (Å²) in [4.78, 5) is 12.2. The van der Waals surface area contributed by atoms with Gasteiger partial charge in [-0.2, -0.15) is 13.2 Å². The zero-order valence-corrected chi connectivity index (χ0v) is 16.7. The van der Waals surface area contributed by atoms with E-state index in [1.807, 2.05) is 0 Å². The maximum atomic E-state index is 13.4. The van der Waals surface area contributed by atoms with Gasteiger partial charge < -0.3 is 10.1 Å². The average molecular weight is 440 g/mol. The van der Waals surface area contributed by atoms with Crippen molar-refractivity contribution in [1.82, 2.24) is 4.72 Å². The number of methoxy groups -OCH3 is 1. The second-order valence-electron chi connectivity index (χ2n) is 6.67. The number of ether oxygens (including phenoxy) is 1. The van der Waals surface area contributed by atoms with Crippen molar-refractivity contribution in [3.8, 4) is 5.75 Å². The molecule has 1 aliphatic carbocycles. The Morgan fingerprint density at radius 3 is 2.37 bits per heavy atom. The van der Waals surface area contributed by atoms with Gasteiger partial charge in [0.1, 0.15) is 5.75 Å². The van der Waals surface area contributed by atoms with Crippen LogP contribution in [0, 0.1) is 0 Å². The first kappa shape index (κ1) is 21.8. The van der Waals surface area contributed by atoms with Gasteiger partial charge in [-0.05, 0) is 36.6 Å². The molecule has 2 aromatic rings. The van der Waals surface area contributed by atoms with Crippen LogP contribution in [0.25, 0.3) is 5.57 Å². The van der Waals surface area contributed by atoms with Gasteiger partial charge in [0.15, 0.2) is 0 Å². The quantitative estimate of drug-likeness (QED) is 0.643. The van der Waals surface area contributed by atoms with Crippen molar-refractivity contribution in [2.75, 3.05) is 12.4 Å². The van der Waals surface area contributed by atoms with E-state index in [0.717, 1.165) is 18.9 Å². The van der Waals surface area contributed by atoms with Crippen molar-refractivity contribution in [3.05, 3.63) is 60.2 Å². The van der Waals surface area contributed by atoms with Gasteiger partial charge >= 0.3 is 6.18 Å². The highest BCUT2D eigenvalue weighted by Gasteiger charge is 2.35. The summed E-state index contributed by atoms with van der Waals surface area (Å²) in [6.07, 6.45) is -2.85. The molecule has 0 radical (unpaired) electrons. The van der Waals surface area contributed by atoms with E-state index < -0.39 is 27.7 Å². The topological polar surface area (TPSA) is 84.5 Å². The summed E-state index contributed by atoms with van der Waals surface area (Å²) < 4.78 is 72.7. The first-order valence-electron chi connectivity index (χ1n) is 8.96. The molecule has 0 aliphatic heterocycles. The summed E-state index contributed by atoms with van der Waals surface area (Å²) in [6, 6.07) is 10.5. The van der Waals surface area contributed by atoms with Crippen molar-refractivity contribution in [1.29, 1.82) is 0 Å². The van der Waals surface area contributed by atoms with Crippen molar-refractivity contribution >= 4 is 27.2 Å². The number of hydrogen-bond acceptors (Lipinski definition) is 4. The molecule has 1 amide bonds. The summed E-state index contributed by atoms with van der Waals surface area (Å²) >= 11 is 0. The van der Waals surface area contributed by atoms with E-state index in [1.165, 1.54) is 43.5 Å². The molecule has 0 unspecified atom stereocenters. The van der Waals surface area contributed by atoms with Crippen LogP contribution in [-0.2, 0) is 14.8 Å². The molecule has 0 heterocycles. The number of nitrogens with one attached hydrogen (secondary N) is 2. The van der Waals surface area contributed by atoms with Gasteiger partial charge in [0.05, 0.1) is 23.3 Å². The van der Waals surface area contributed by atoms with E-state index in [4.69, 9.17) is 4.74 Å². The summed E-state index contributed by atoms with van der Waals surface area (Å²) in [7, 11) is -2.53. The third-order valence-electron chi connectivity index (χ3n) is 4.30. The van der Waals surface area contributed by atoms with Crippen LogP contribution in [0.1, 0.15) is 18.4 Å². The van der Waals surface area contributed by atoms with E-state index in [2.05, 4.69) is 10.0 Å². The normalized spacial score (nSPS) is 15.0. The molecule has 30 heavy (non-hydrogen) atoms. The van der Waals surface area contributed by atoms with Crippen molar-refractivity contribution in [2.45, 2.75) is 30.0 Å². The van der Waals surface area contributed by atoms with Crippen LogP contribution in [0.3, 0.4) is 0 Å². The van der Waals surface area contributed by atoms with Gasteiger partial charge in [0.2, 0.25) is 15.9 Å². The Balaban J connectivity index is 1.91. The van der Waals surface area contributed by atoms with Gasteiger partial charge in [-0.15, -0.1) is 0 Å². The molecule has 1 saturated carbocycles. The third-order valence-corrected chi connectivity index (χ3v) is 5.82. The van der Waals surface area contributed by atoms with E-state index >= 15 is 0 Å². The maximum absolute atomic E-state index is 13.4. The van der Waals surface area contributed by atoms with E-state index in [-0.39, 0.29) is 27.9 Å². The molecule has 3 rings (SSSR count). The number of allylic oxidation sites excluding steroid dienone is 1. The predicted octanol–water partition coefficient (Wildman–Crippen LogP) is 3.72. The van der Waals surface area contributed by atoms with Crippen LogP contribution in [0.4, 0.5) is 18.9 Å². The van der Waals surface area contributed by atoms with Gasteiger partial charge in [0, 0.05) is 12.1 Å². The molecule has 0 saturated heterocycles. The molecule has 0 spiro atoms. The van der Waals surface area contributed by atoms with Gasteiger partial charge in [-0.25, -0.2) is 13.1 Å². The molecule has 2 N–H and O–H groups in total. The third kappa shape index (κ3) is 5.39. The number of benzene rings is 2. The Morgan fingerprint density at radius 1 is 1.13 bits per heavy atom. The van der Waals surface area contributed by atoms with E-state index in [9.17, 15) is 26.4 Å². The summed E-state index contributed by atoms with van der Waals surface area (Å²) in [5, 5.41) is 2.28. The van der Waals surface area contributed by atoms with E-state index in [0.29, 0.717) is 6.08 Å². The Bertz CT molecular complexity index is 1060. The molecular weight excluding hydrogens is 421 g/mol. The first-order valence-corrected chi connectivity index (χ1v) is 10.4. The SMILES string of the molecule is COc1ccc(S(=O)(=O)NC2CC2)cc1NC(=O)/C=C(/c1ccccc1)C(F)(F)F. The van der Waals surface area contributed by atoms with E-state index in [1.54, 1.807) is 6.07 Å². The van der Waals surface area contributed by atoms with Crippen LogP contribution in [0.5, 0.6) is 5.75 Å². The van der Waals surface area contributed by atoms with Crippen molar-refractivity contribution in [2.24, 2.45) is 0 Å². The van der Waals surface area contributed by atoms with Crippen molar-refractivity contribution in [3.63, 3.8) is 0 Å². The van der Waals surface area contributed by atoms with Gasteiger partial charge in [-0.3, -0.25) is 4.79 Å². The molecule has 0 atom stereocenters. The zero-order valence-electron chi connectivity index (χ0n) is 15.9. The largest absolute Gasteiger partial charge is 0.495 e. The van der Waals surface area contributed by atoms with Crippen LogP contribution < -0.4 is 14.8 Å². The lowest BCUT2D eigenvalue weighted by Gasteiger charge is -2.14.